The van der Waals surface area contributed by atoms with Crippen LogP contribution in [-0.4, -0.2) is 31.6 Å². The van der Waals surface area contributed by atoms with Gasteiger partial charge in [-0.05, 0) is 44.0 Å². The molecular weight excluding hydrogens is 423 g/mol. The highest BCUT2D eigenvalue weighted by Gasteiger charge is 2.27. The van der Waals surface area contributed by atoms with Gasteiger partial charge in [0.2, 0.25) is 0 Å². The lowest BCUT2D eigenvalue weighted by Crippen LogP contribution is -2.16. The molecule has 1 aromatic carbocycles. The Balaban J connectivity index is 3.60. The van der Waals surface area contributed by atoms with Gasteiger partial charge in [0.15, 0.2) is 19.7 Å². The van der Waals surface area contributed by atoms with Gasteiger partial charge in [0, 0.05) is 5.33 Å². The van der Waals surface area contributed by atoms with Gasteiger partial charge in [-0.15, -0.1) is 23.2 Å². The van der Waals surface area contributed by atoms with Crippen molar-refractivity contribution in [2.75, 3.05) is 5.33 Å². The van der Waals surface area contributed by atoms with Crippen molar-refractivity contribution in [3.05, 3.63) is 23.8 Å². The number of sulfone groups is 2. The Morgan fingerprint density at radius 3 is 1.62 bits per heavy atom. The number of halogens is 3. The summed E-state index contributed by atoms with van der Waals surface area (Å²) in [4.78, 5) is -0.223. The third-order valence-electron chi connectivity index (χ3n) is 2.84. The molecule has 0 fully saturated rings. The predicted octanol–water partition coefficient (Wildman–Crippen LogP) is 3.34. The molecule has 9 heteroatoms. The normalized spacial score (nSPS) is 15.7. The van der Waals surface area contributed by atoms with Crippen molar-refractivity contribution in [2.24, 2.45) is 0 Å². The minimum absolute atomic E-state index is 0.112. The third kappa shape index (κ3) is 4.34. The average Bonchev–Trinajstić information content (AvgIpc) is 2.38. The molecule has 0 aliphatic carbocycles. The van der Waals surface area contributed by atoms with E-state index in [4.69, 9.17) is 23.2 Å². The predicted molar refractivity (Wildman–Crippen MR) is 88.9 cm³/mol. The lowest BCUT2D eigenvalue weighted by atomic mass is 10.2. The molecular formula is C12H15BrCl2O4S2. The number of alkyl halides is 3. The van der Waals surface area contributed by atoms with Crippen molar-refractivity contribution in [3.8, 4) is 0 Å². The van der Waals surface area contributed by atoms with E-state index in [2.05, 4.69) is 15.9 Å². The Kier molecular flexibility index (Phi) is 6.56. The van der Waals surface area contributed by atoms with Gasteiger partial charge in [0.1, 0.15) is 9.42 Å². The summed E-state index contributed by atoms with van der Waals surface area (Å²) in [5.41, 5.74) is 0.584. The van der Waals surface area contributed by atoms with Crippen molar-refractivity contribution < 1.29 is 16.8 Å². The van der Waals surface area contributed by atoms with Gasteiger partial charge in [-0.2, -0.15) is 0 Å². The van der Waals surface area contributed by atoms with E-state index in [9.17, 15) is 16.8 Å². The Labute approximate surface area is 143 Å². The number of aryl methyl sites for hydroxylation is 1. The van der Waals surface area contributed by atoms with Crippen LogP contribution in [-0.2, 0) is 26.1 Å². The maximum absolute atomic E-state index is 12.2. The summed E-state index contributed by atoms with van der Waals surface area (Å²) >= 11 is 14.6. The molecule has 120 valence electrons. The van der Waals surface area contributed by atoms with Crippen LogP contribution in [0.1, 0.15) is 19.4 Å². The van der Waals surface area contributed by atoms with Crippen LogP contribution in [0.15, 0.2) is 28.0 Å². The molecule has 0 aliphatic rings. The van der Waals surface area contributed by atoms with E-state index in [0.717, 1.165) is 6.07 Å². The van der Waals surface area contributed by atoms with Crippen LogP contribution < -0.4 is 0 Å². The second kappa shape index (κ2) is 7.17. The van der Waals surface area contributed by atoms with E-state index in [1.54, 1.807) is 0 Å². The molecule has 0 aromatic heterocycles. The number of hydrogen-bond donors (Lipinski definition) is 0. The Bertz CT molecular complexity index is 657. The molecule has 0 N–H and O–H groups in total. The first-order valence-corrected chi connectivity index (χ1v) is 11.1. The standard InChI is InChI=1S/C12H15BrCl2O4S2/c1-8(14)20(16,17)11-5-10(3-4-13)6-12(7-11)21(18,19)9(2)15/h5-9H,3-4H2,1-2H3. The lowest BCUT2D eigenvalue weighted by Gasteiger charge is -2.13. The van der Waals surface area contributed by atoms with Crippen molar-refractivity contribution in [2.45, 2.75) is 39.5 Å². The summed E-state index contributed by atoms with van der Waals surface area (Å²) in [6, 6.07) is 3.99. The highest BCUT2D eigenvalue weighted by Crippen LogP contribution is 2.27. The number of rotatable bonds is 6. The van der Waals surface area contributed by atoms with Gasteiger partial charge in [-0.3, -0.25) is 0 Å². The molecule has 0 aliphatic heterocycles. The molecule has 4 nitrogen and oxygen atoms in total. The van der Waals surface area contributed by atoms with Crippen LogP contribution >= 0.6 is 39.1 Å². The van der Waals surface area contributed by atoms with E-state index in [-0.39, 0.29) is 9.79 Å². The summed E-state index contributed by atoms with van der Waals surface area (Å²) < 4.78 is 46.4. The van der Waals surface area contributed by atoms with Crippen molar-refractivity contribution in [3.63, 3.8) is 0 Å². The highest BCUT2D eigenvalue weighted by molar-refractivity contribution is 9.09. The molecule has 0 bridgehead atoms. The summed E-state index contributed by atoms with van der Waals surface area (Å²) in [6.07, 6.45) is 0.485. The molecule has 2 atom stereocenters. The van der Waals surface area contributed by atoms with E-state index in [1.807, 2.05) is 0 Å². The summed E-state index contributed by atoms with van der Waals surface area (Å²) in [6.45, 7) is 2.65. The zero-order valence-electron chi connectivity index (χ0n) is 11.4. The van der Waals surface area contributed by atoms with Crippen LogP contribution in [0.5, 0.6) is 0 Å². The largest absolute Gasteiger partial charge is 0.222 e. The van der Waals surface area contributed by atoms with Gasteiger partial charge in [0.05, 0.1) is 9.79 Å². The number of hydrogen-bond acceptors (Lipinski definition) is 4. The summed E-state index contributed by atoms with van der Waals surface area (Å²) in [5.74, 6) is 0. The lowest BCUT2D eigenvalue weighted by molar-refractivity contribution is 0.592. The van der Waals surface area contributed by atoms with Gasteiger partial charge in [-0.25, -0.2) is 16.8 Å². The molecule has 0 radical (unpaired) electrons. The van der Waals surface area contributed by atoms with Crippen LogP contribution in [0.4, 0.5) is 0 Å². The molecule has 1 rings (SSSR count). The van der Waals surface area contributed by atoms with Gasteiger partial charge < -0.3 is 0 Å². The van der Waals surface area contributed by atoms with E-state index >= 15 is 0 Å². The zero-order valence-corrected chi connectivity index (χ0v) is 16.1. The fourth-order valence-corrected chi connectivity index (χ4v) is 4.70. The molecule has 2 unspecified atom stereocenters. The Hall–Kier alpha value is 0.180. The minimum atomic E-state index is -3.78. The Morgan fingerprint density at radius 1 is 0.952 bits per heavy atom. The van der Waals surface area contributed by atoms with E-state index < -0.39 is 29.1 Å². The van der Waals surface area contributed by atoms with Crippen molar-refractivity contribution >= 4 is 58.8 Å². The van der Waals surface area contributed by atoms with E-state index in [1.165, 1.54) is 26.0 Å². The molecule has 0 saturated heterocycles. The first-order chi connectivity index (χ1) is 9.53. The average molecular weight is 438 g/mol. The maximum atomic E-state index is 12.2. The molecule has 0 amide bonds. The first-order valence-electron chi connectivity index (χ1n) is 5.99. The SMILES string of the molecule is CC(Cl)S(=O)(=O)c1cc(CCBr)cc(S(=O)(=O)C(C)Cl)c1. The monoisotopic (exact) mass is 436 g/mol. The van der Waals surface area contributed by atoms with Crippen molar-refractivity contribution in [1.82, 2.24) is 0 Å². The van der Waals surface area contributed by atoms with Gasteiger partial charge in [0.25, 0.3) is 0 Å². The van der Waals surface area contributed by atoms with Crippen LogP contribution in [0.3, 0.4) is 0 Å². The highest BCUT2D eigenvalue weighted by atomic mass is 79.9. The topological polar surface area (TPSA) is 68.3 Å². The van der Waals surface area contributed by atoms with Gasteiger partial charge in [-0.1, -0.05) is 15.9 Å². The minimum Gasteiger partial charge on any atom is -0.222 e. The second-order valence-electron chi connectivity index (χ2n) is 4.43. The van der Waals surface area contributed by atoms with E-state index in [0.29, 0.717) is 17.3 Å². The van der Waals surface area contributed by atoms with Gasteiger partial charge >= 0.3 is 0 Å². The molecule has 21 heavy (non-hydrogen) atoms. The molecule has 0 saturated carbocycles. The van der Waals surface area contributed by atoms with Crippen LogP contribution in [0.25, 0.3) is 0 Å². The first kappa shape index (κ1) is 19.2. The fraction of sp³-hybridized carbons (Fsp3) is 0.500. The maximum Gasteiger partial charge on any atom is 0.194 e. The van der Waals surface area contributed by atoms with Crippen LogP contribution in [0.2, 0.25) is 0 Å². The Morgan fingerprint density at radius 2 is 1.33 bits per heavy atom. The fourth-order valence-electron chi connectivity index (χ4n) is 1.59. The van der Waals surface area contributed by atoms with Crippen LogP contribution in [0, 0.1) is 0 Å². The molecule has 1 aromatic rings. The quantitative estimate of drug-likeness (QED) is 0.640. The summed E-state index contributed by atoms with van der Waals surface area (Å²) in [7, 11) is -7.57. The number of benzene rings is 1. The summed E-state index contributed by atoms with van der Waals surface area (Å²) in [5, 5.41) is 0.572. The zero-order chi connectivity index (χ0) is 16.4. The third-order valence-corrected chi connectivity index (χ3v) is 8.13. The molecule has 0 heterocycles. The second-order valence-corrected chi connectivity index (χ2v) is 11.6. The van der Waals surface area contributed by atoms with Crippen molar-refractivity contribution in [1.29, 1.82) is 0 Å². The smallest absolute Gasteiger partial charge is 0.194 e. The molecule has 0 spiro atoms.